The number of aromatic nitrogens is 2. The smallest absolute Gasteiger partial charge is 0.262 e. The Hall–Kier alpha value is -2.17. The van der Waals surface area contributed by atoms with Crippen LogP contribution < -0.4 is 4.72 Å². The van der Waals surface area contributed by atoms with Gasteiger partial charge >= 0.3 is 6.18 Å². The van der Waals surface area contributed by atoms with Crippen LogP contribution in [-0.2, 0) is 16.2 Å². The van der Waals surface area contributed by atoms with Crippen LogP contribution >= 0.6 is 27.5 Å². The number of sulfonamides is 1. The van der Waals surface area contributed by atoms with Crippen LogP contribution in [0, 0.1) is 0 Å². The van der Waals surface area contributed by atoms with Crippen molar-refractivity contribution < 1.29 is 21.6 Å². The standard InChI is InChI=1S/C17H10BrClF3N3O2S/c18-12-8-9-14(25-28(26,27)15-3-1-2-13(19)23-15)24-16(12)10-4-6-11(7-5-10)17(20,21)22/h1-9H,(H,24,25). The highest BCUT2D eigenvalue weighted by Gasteiger charge is 2.30. The number of halogens is 5. The molecule has 0 fully saturated rings. The third-order valence-electron chi connectivity index (χ3n) is 3.54. The summed E-state index contributed by atoms with van der Waals surface area (Å²) in [6.07, 6.45) is -4.45. The van der Waals surface area contributed by atoms with E-state index in [1.807, 2.05) is 0 Å². The molecule has 0 bridgehead atoms. The SMILES string of the molecule is O=S(=O)(Nc1ccc(Br)c(-c2ccc(C(F)(F)F)cc2)n1)c1cccc(Cl)n1. The Kier molecular flexibility index (Phi) is 5.64. The Morgan fingerprint density at radius 2 is 1.64 bits per heavy atom. The quantitative estimate of drug-likeness (QED) is 0.497. The third-order valence-corrected chi connectivity index (χ3v) is 5.64. The molecule has 3 aromatic rings. The van der Waals surface area contributed by atoms with E-state index in [0.717, 1.165) is 12.1 Å². The Morgan fingerprint density at radius 3 is 2.25 bits per heavy atom. The van der Waals surface area contributed by atoms with Gasteiger partial charge in [-0.15, -0.1) is 0 Å². The van der Waals surface area contributed by atoms with Crippen molar-refractivity contribution in [1.82, 2.24) is 9.97 Å². The minimum absolute atomic E-state index is 0.0112. The fraction of sp³-hybridized carbons (Fsp3) is 0.0588. The first-order chi connectivity index (χ1) is 13.1. The number of nitrogens with one attached hydrogen (secondary N) is 1. The van der Waals surface area contributed by atoms with Gasteiger partial charge in [-0.05, 0) is 52.3 Å². The molecule has 0 saturated carbocycles. The molecule has 0 unspecified atom stereocenters. The summed E-state index contributed by atoms with van der Waals surface area (Å²) in [4.78, 5) is 7.93. The van der Waals surface area contributed by atoms with E-state index in [1.165, 1.54) is 42.5 Å². The number of alkyl halides is 3. The highest BCUT2D eigenvalue weighted by molar-refractivity contribution is 9.10. The summed E-state index contributed by atoms with van der Waals surface area (Å²) < 4.78 is 65.8. The minimum Gasteiger partial charge on any atom is -0.262 e. The molecule has 1 N–H and O–H groups in total. The number of hydrogen-bond acceptors (Lipinski definition) is 4. The summed E-state index contributed by atoms with van der Waals surface area (Å²) in [6, 6.07) is 11.4. The second kappa shape index (κ2) is 7.69. The normalized spacial score (nSPS) is 12.0. The fourth-order valence-corrected chi connectivity index (χ4v) is 3.88. The van der Waals surface area contributed by atoms with Crippen molar-refractivity contribution in [1.29, 1.82) is 0 Å². The summed E-state index contributed by atoms with van der Waals surface area (Å²) >= 11 is 8.99. The van der Waals surface area contributed by atoms with Gasteiger partial charge in [-0.25, -0.2) is 9.97 Å². The average Bonchev–Trinajstić information content (AvgIpc) is 2.62. The maximum Gasteiger partial charge on any atom is 0.416 e. The predicted molar refractivity (Wildman–Crippen MR) is 102 cm³/mol. The molecule has 0 spiro atoms. The fourth-order valence-electron chi connectivity index (χ4n) is 2.25. The van der Waals surface area contributed by atoms with Gasteiger partial charge in [0.2, 0.25) is 0 Å². The molecule has 1 aromatic carbocycles. The minimum atomic E-state index is -4.45. The maximum atomic E-state index is 12.7. The highest BCUT2D eigenvalue weighted by Crippen LogP contribution is 2.33. The van der Waals surface area contributed by atoms with Crippen LogP contribution in [0.5, 0.6) is 0 Å². The molecule has 28 heavy (non-hydrogen) atoms. The highest BCUT2D eigenvalue weighted by atomic mass is 79.9. The molecule has 0 amide bonds. The zero-order valence-corrected chi connectivity index (χ0v) is 16.9. The van der Waals surface area contributed by atoms with Crippen molar-refractivity contribution in [3.8, 4) is 11.3 Å². The van der Waals surface area contributed by atoms with Crippen molar-refractivity contribution in [2.24, 2.45) is 0 Å². The van der Waals surface area contributed by atoms with Crippen LogP contribution in [0.25, 0.3) is 11.3 Å². The lowest BCUT2D eigenvalue weighted by atomic mass is 10.1. The van der Waals surface area contributed by atoms with E-state index >= 15 is 0 Å². The van der Waals surface area contributed by atoms with E-state index in [-0.39, 0.29) is 21.7 Å². The number of benzene rings is 1. The lowest BCUT2D eigenvalue weighted by Gasteiger charge is -2.11. The molecule has 0 atom stereocenters. The number of nitrogens with zero attached hydrogens (tertiary/aromatic N) is 2. The molecule has 146 valence electrons. The van der Waals surface area contributed by atoms with Crippen LogP contribution in [-0.4, -0.2) is 18.4 Å². The van der Waals surface area contributed by atoms with Gasteiger partial charge in [0.15, 0.2) is 5.03 Å². The lowest BCUT2D eigenvalue weighted by molar-refractivity contribution is -0.137. The van der Waals surface area contributed by atoms with Gasteiger partial charge in [0.05, 0.1) is 11.3 Å². The molecule has 5 nitrogen and oxygen atoms in total. The van der Waals surface area contributed by atoms with E-state index in [0.29, 0.717) is 10.0 Å². The zero-order chi connectivity index (χ0) is 20.5. The number of hydrogen-bond donors (Lipinski definition) is 1. The van der Waals surface area contributed by atoms with E-state index in [2.05, 4.69) is 30.6 Å². The topological polar surface area (TPSA) is 72.0 Å². The molecular weight excluding hydrogens is 483 g/mol. The van der Waals surface area contributed by atoms with Crippen LogP contribution in [0.1, 0.15) is 5.56 Å². The maximum absolute atomic E-state index is 12.7. The van der Waals surface area contributed by atoms with Crippen molar-refractivity contribution in [2.75, 3.05) is 4.72 Å². The monoisotopic (exact) mass is 491 g/mol. The summed E-state index contributed by atoms with van der Waals surface area (Å²) in [7, 11) is -4.05. The Bertz CT molecular complexity index is 1120. The second-order valence-electron chi connectivity index (χ2n) is 5.51. The summed E-state index contributed by atoms with van der Waals surface area (Å²) in [5.41, 5.74) is -0.147. The van der Waals surface area contributed by atoms with Crippen molar-refractivity contribution in [3.05, 3.63) is 69.8 Å². The molecule has 0 aliphatic rings. The first-order valence-electron chi connectivity index (χ1n) is 7.56. The van der Waals surface area contributed by atoms with Crippen LogP contribution in [0.3, 0.4) is 0 Å². The van der Waals surface area contributed by atoms with Crippen molar-refractivity contribution in [3.63, 3.8) is 0 Å². The molecule has 0 aliphatic heterocycles. The molecular formula is C17H10BrClF3N3O2S. The van der Waals surface area contributed by atoms with Gasteiger partial charge < -0.3 is 0 Å². The first-order valence-corrected chi connectivity index (χ1v) is 10.2. The van der Waals surface area contributed by atoms with Crippen LogP contribution in [0.15, 0.2) is 64.1 Å². The van der Waals surface area contributed by atoms with E-state index in [4.69, 9.17) is 11.6 Å². The van der Waals surface area contributed by atoms with Crippen molar-refractivity contribution >= 4 is 43.4 Å². The molecule has 3 rings (SSSR count). The van der Waals surface area contributed by atoms with Crippen LogP contribution in [0.4, 0.5) is 19.0 Å². The first kappa shape index (κ1) is 20.6. The van der Waals surface area contributed by atoms with Crippen LogP contribution in [0.2, 0.25) is 5.15 Å². The van der Waals surface area contributed by atoms with Gasteiger partial charge in [-0.1, -0.05) is 29.8 Å². The summed E-state index contributed by atoms with van der Waals surface area (Å²) in [5.74, 6) is -0.0279. The Balaban J connectivity index is 1.94. The van der Waals surface area contributed by atoms with E-state index in [1.54, 1.807) is 0 Å². The van der Waals surface area contributed by atoms with Gasteiger partial charge in [-0.3, -0.25) is 4.72 Å². The van der Waals surface area contributed by atoms with Gasteiger partial charge in [0.25, 0.3) is 10.0 Å². The summed E-state index contributed by atoms with van der Waals surface area (Å²) in [5, 5.41) is -0.280. The van der Waals surface area contributed by atoms with Gasteiger partial charge in [-0.2, -0.15) is 21.6 Å². The number of anilines is 1. The second-order valence-corrected chi connectivity index (χ2v) is 8.38. The molecule has 0 radical (unpaired) electrons. The molecule has 0 saturated heterocycles. The Labute approximate surface area is 171 Å². The largest absolute Gasteiger partial charge is 0.416 e. The molecule has 11 heteroatoms. The third kappa shape index (κ3) is 4.62. The van der Waals surface area contributed by atoms with E-state index < -0.39 is 21.8 Å². The zero-order valence-electron chi connectivity index (χ0n) is 13.7. The van der Waals surface area contributed by atoms with Crippen molar-refractivity contribution in [2.45, 2.75) is 11.2 Å². The molecule has 0 aliphatic carbocycles. The summed E-state index contributed by atoms with van der Waals surface area (Å²) in [6.45, 7) is 0. The average molecular weight is 493 g/mol. The molecule has 2 aromatic heterocycles. The number of pyridine rings is 2. The Morgan fingerprint density at radius 1 is 0.964 bits per heavy atom. The van der Waals surface area contributed by atoms with E-state index in [9.17, 15) is 21.6 Å². The molecule has 2 heterocycles. The lowest BCUT2D eigenvalue weighted by Crippen LogP contribution is -2.15. The van der Waals surface area contributed by atoms with Gasteiger partial charge in [0, 0.05) is 10.0 Å². The predicted octanol–water partition coefficient (Wildman–Crippen LogP) is 5.38. The van der Waals surface area contributed by atoms with Gasteiger partial charge in [0.1, 0.15) is 11.0 Å². The number of rotatable bonds is 4.